The molecule has 0 bridgehead atoms. The van der Waals surface area contributed by atoms with Gasteiger partial charge in [-0.2, -0.15) is 11.8 Å². The first kappa shape index (κ1) is 19.2. The minimum Gasteiger partial charge on any atom is -0.389 e. The molecule has 2 atom stereocenters. The fourth-order valence-corrected chi connectivity index (χ4v) is 1.79. The van der Waals surface area contributed by atoms with Crippen molar-refractivity contribution >= 4 is 11.8 Å². The number of unbranched alkanes of at least 4 members (excludes halogenated alkanes) is 1. The molecule has 0 saturated carbocycles. The Hall–Kier alpha value is 0.190. The lowest BCUT2D eigenvalue weighted by Gasteiger charge is -2.13. The second-order valence-electron chi connectivity index (χ2n) is 4.73. The van der Waals surface area contributed by atoms with Gasteiger partial charge >= 0.3 is 0 Å². The van der Waals surface area contributed by atoms with Crippen molar-refractivity contribution in [3.05, 3.63) is 0 Å². The third kappa shape index (κ3) is 14.4. The Balaban J connectivity index is 3.19. The molecule has 4 nitrogen and oxygen atoms in total. The van der Waals surface area contributed by atoms with Crippen molar-refractivity contribution in [2.24, 2.45) is 0 Å². The average molecular weight is 293 g/mol. The summed E-state index contributed by atoms with van der Waals surface area (Å²) in [5, 5.41) is 13.6. The van der Waals surface area contributed by atoms with E-state index in [0.29, 0.717) is 31.6 Å². The highest BCUT2D eigenvalue weighted by atomic mass is 32.2. The monoisotopic (exact) mass is 293 g/mol. The molecule has 2 unspecified atom stereocenters. The molecule has 0 radical (unpaired) electrons. The standard InChI is InChI=1S/C14H31NO3S/c1-4-5-8-17-9-10-18-12-14(16)11-15-7-6-13(2)19-3/h13-16H,4-12H2,1-3H3. The molecule has 0 aromatic carbocycles. The molecule has 0 rings (SSSR count). The van der Waals surface area contributed by atoms with Crippen LogP contribution in [0.5, 0.6) is 0 Å². The molecule has 0 aliphatic carbocycles. The van der Waals surface area contributed by atoms with Crippen molar-refractivity contribution in [3.63, 3.8) is 0 Å². The summed E-state index contributed by atoms with van der Waals surface area (Å²) in [4.78, 5) is 0. The predicted octanol–water partition coefficient (Wildman–Crippen LogP) is 1.91. The first-order valence-electron chi connectivity index (χ1n) is 7.27. The lowest BCUT2D eigenvalue weighted by molar-refractivity contribution is 0.00398. The van der Waals surface area contributed by atoms with E-state index >= 15 is 0 Å². The van der Waals surface area contributed by atoms with Gasteiger partial charge < -0.3 is 19.9 Å². The molecular formula is C14H31NO3S. The molecule has 0 aromatic rings. The summed E-state index contributed by atoms with van der Waals surface area (Å²) in [5.74, 6) is 0. The average Bonchev–Trinajstić information content (AvgIpc) is 2.42. The van der Waals surface area contributed by atoms with Crippen LogP contribution in [0.3, 0.4) is 0 Å². The number of aliphatic hydroxyl groups excluding tert-OH is 1. The van der Waals surface area contributed by atoms with Crippen LogP contribution in [-0.4, -0.2) is 62.2 Å². The highest BCUT2D eigenvalue weighted by molar-refractivity contribution is 7.99. The quantitative estimate of drug-likeness (QED) is 0.479. The highest BCUT2D eigenvalue weighted by Crippen LogP contribution is 2.07. The number of hydrogen-bond acceptors (Lipinski definition) is 5. The lowest BCUT2D eigenvalue weighted by atomic mass is 10.3. The normalized spacial score (nSPS) is 14.5. The van der Waals surface area contributed by atoms with Crippen LogP contribution in [0.15, 0.2) is 0 Å². The summed E-state index contributed by atoms with van der Waals surface area (Å²) in [6, 6.07) is 0. The van der Waals surface area contributed by atoms with Gasteiger partial charge in [0.05, 0.1) is 25.9 Å². The van der Waals surface area contributed by atoms with Gasteiger partial charge in [0, 0.05) is 18.4 Å². The van der Waals surface area contributed by atoms with Gasteiger partial charge in [-0.05, 0) is 25.6 Å². The molecule has 116 valence electrons. The predicted molar refractivity (Wildman–Crippen MR) is 83.0 cm³/mol. The van der Waals surface area contributed by atoms with Crippen LogP contribution in [0.2, 0.25) is 0 Å². The van der Waals surface area contributed by atoms with E-state index in [1.54, 1.807) is 0 Å². The van der Waals surface area contributed by atoms with Crippen LogP contribution in [0.4, 0.5) is 0 Å². The Labute approximate surface area is 122 Å². The van der Waals surface area contributed by atoms with Crippen molar-refractivity contribution in [3.8, 4) is 0 Å². The highest BCUT2D eigenvalue weighted by Gasteiger charge is 2.04. The number of aliphatic hydroxyl groups is 1. The summed E-state index contributed by atoms with van der Waals surface area (Å²) < 4.78 is 10.7. The van der Waals surface area contributed by atoms with E-state index < -0.39 is 6.10 Å². The molecule has 5 heteroatoms. The Kier molecular flexibility index (Phi) is 14.7. The lowest BCUT2D eigenvalue weighted by Crippen LogP contribution is -2.32. The second kappa shape index (κ2) is 14.6. The molecular weight excluding hydrogens is 262 g/mol. The maximum atomic E-state index is 9.68. The van der Waals surface area contributed by atoms with E-state index in [-0.39, 0.29) is 0 Å². The summed E-state index contributed by atoms with van der Waals surface area (Å²) in [5.41, 5.74) is 0. The van der Waals surface area contributed by atoms with Crippen LogP contribution in [-0.2, 0) is 9.47 Å². The number of hydrogen-bond donors (Lipinski definition) is 2. The molecule has 0 amide bonds. The van der Waals surface area contributed by atoms with Crippen molar-refractivity contribution in [1.82, 2.24) is 5.32 Å². The maximum absolute atomic E-state index is 9.68. The van der Waals surface area contributed by atoms with Crippen LogP contribution >= 0.6 is 11.8 Å². The second-order valence-corrected chi connectivity index (χ2v) is 6.01. The summed E-state index contributed by atoms with van der Waals surface area (Å²) in [6.07, 6.45) is 5.07. The van der Waals surface area contributed by atoms with Gasteiger partial charge in [0.15, 0.2) is 0 Å². The van der Waals surface area contributed by atoms with Crippen LogP contribution in [0.1, 0.15) is 33.1 Å². The zero-order valence-electron chi connectivity index (χ0n) is 12.7. The minimum atomic E-state index is -0.430. The number of nitrogens with one attached hydrogen (secondary N) is 1. The van der Waals surface area contributed by atoms with Crippen molar-refractivity contribution < 1.29 is 14.6 Å². The van der Waals surface area contributed by atoms with E-state index in [9.17, 15) is 5.11 Å². The molecule has 2 N–H and O–H groups in total. The van der Waals surface area contributed by atoms with Gasteiger partial charge in [0.1, 0.15) is 0 Å². The maximum Gasteiger partial charge on any atom is 0.0897 e. The Bertz CT molecular complexity index is 184. The van der Waals surface area contributed by atoms with Gasteiger partial charge in [-0.15, -0.1) is 0 Å². The fourth-order valence-electron chi connectivity index (χ4n) is 1.44. The first-order valence-corrected chi connectivity index (χ1v) is 8.56. The van der Waals surface area contributed by atoms with Gasteiger partial charge in [0.25, 0.3) is 0 Å². The fraction of sp³-hybridized carbons (Fsp3) is 1.00. The van der Waals surface area contributed by atoms with Crippen molar-refractivity contribution in [2.45, 2.75) is 44.5 Å². The summed E-state index contributed by atoms with van der Waals surface area (Å²) in [6.45, 7) is 8.25. The van der Waals surface area contributed by atoms with Gasteiger partial charge in [0.2, 0.25) is 0 Å². The van der Waals surface area contributed by atoms with Crippen LogP contribution < -0.4 is 5.32 Å². The van der Waals surface area contributed by atoms with Crippen LogP contribution in [0.25, 0.3) is 0 Å². The molecule has 0 aromatic heterocycles. The summed E-state index contributed by atoms with van der Waals surface area (Å²) in [7, 11) is 0. The Morgan fingerprint density at radius 2 is 1.95 bits per heavy atom. The number of rotatable bonds is 14. The van der Waals surface area contributed by atoms with E-state index in [4.69, 9.17) is 9.47 Å². The van der Waals surface area contributed by atoms with E-state index in [1.165, 1.54) is 0 Å². The number of ether oxygens (including phenoxy) is 2. The third-order valence-corrected chi connectivity index (χ3v) is 3.87. The van der Waals surface area contributed by atoms with Crippen molar-refractivity contribution in [2.75, 3.05) is 45.8 Å². The molecule has 0 heterocycles. The van der Waals surface area contributed by atoms with Gasteiger partial charge in [-0.3, -0.25) is 0 Å². The van der Waals surface area contributed by atoms with E-state index in [0.717, 1.165) is 32.4 Å². The molecule has 0 aliphatic rings. The minimum absolute atomic E-state index is 0.377. The zero-order chi connectivity index (χ0) is 14.3. The van der Waals surface area contributed by atoms with Crippen LogP contribution in [0, 0.1) is 0 Å². The summed E-state index contributed by atoms with van der Waals surface area (Å²) >= 11 is 1.87. The molecule has 0 aliphatic heterocycles. The smallest absolute Gasteiger partial charge is 0.0897 e. The van der Waals surface area contributed by atoms with E-state index in [2.05, 4.69) is 25.4 Å². The molecule has 0 fully saturated rings. The van der Waals surface area contributed by atoms with E-state index in [1.807, 2.05) is 11.8 Å². The zero-order valence-corrected chi connectivity index (χ0v) is 13.5. The first-order chi connectivity index (χ1) is 9.20. The molecule has 0 spiro atoms. The van der Waals surface area contributed by atoms with Crippen molar-refractivity contribution in [1.29, 1.82) is 0 Å². The molecule has 19 heavy (non-hydrogen) atoms. The number of thioether (sulfide) groups is 1. The Morgan fingerprint density at radius 1 is 1.21 bits per heavy atom. The largest absolute Gasteiger partial charge is 0.389 e. The SMILES string of the molecule is CCCCOCCOCC(O)CNCCC(C)SC. The van der Waals surface area contributed by atoms with Gasteiger partial charge in [-0.1, -0.05) is 20.3 Å². The third-order valence-electron chi connectivity index (χ3n) is 2.83. The molecule has 0 saturated heterocycles. The van der Waals surface area contributed by atoms with Gasteiger partial charge in [-0.25, -0.2) is 0 Å². The Morgan fingerprint density at radius 3 is 2.63 bits per heavy atom. The topological polar surface area (TPSA) is 50.7 Å².